The van der Waals surface area contributed by atoms with Crippen LogP contribution in [0.3, 0.4) is 0 Å². The van der Waals surface area contributed by atoms with Gasteiger partial charge in [0.05, 0.1) is 23.9 Å². The Hall–Kier alpha value is -2.50. The van der Waals surface area contributed by atoms with Crippen molar-refractivity contribution < 1.29 is 14.7 Å². The second-order valence-electron chi connectivity index (χ2n) is 5.12. The highest BCUT2D eigenvalue weighted by Gasteiger charge is 2.34. The number of nitrogens with one attached hydrogen (secondary N) is 1. The molecule has 2 amide bonds. The summed E-state index contributed by atoms with van der Waals surface area (Å²) in [5.41, 5.74) is 1.65. The van der Waals surface area contributed by atoms with Crippen LogP contribution in [0, 0.1) is 0 Å². The monoisotopic (exact) mass is 296 g/mol. The Balaban J connectivity index is 1.59. The van der Waals surface area contributed by atoms with Crippen LogP contribution in [-0.2, 0) is 0 Å². The molecule has 0 aliphatic carbocycles. The zero-order chi connectivity index (χ0) is 15.5. The van der Waals surface area contributed by atoms with Gasteiger partial charge >= 0.3 is 0 Å². The average Bonchev–Trinajstić information content (AvgIpc) is 2.81. The molecule has 0 spiro atoms. The quantitative estimate of drug-likeness (QED) is 0.822. The molecule has 2 N–H and O–H groups in total. The van der Waals surface area contributed by atoms with E-state index in [1.807, 2.05) is 30.3 Å². The largest absolute Gasteiger partial charge is 0.387 e. The summed E-state index contributed by atoms with van der Waals surface area (Å²) in [6, 6.07) is 16.0. The van der Waals surface area contributed by atoms with Crippen LogP contribution in [0.1, 0.15) is 32.4 Å². The van der Waals surface area contributed by atoms with Crippen molar-refractivity contribution in [3.63, 3.8) is 0 Å². The first-order valence-corrected chi connectivity index (χ1v) is 7.07. The summed E-state index contributed by atoms with van der Waals surface area (Å²) in [5.74, 6) is -0.607. The van der Waals surface area contributed by atoms with Gasteiger partial charge in [-0.2, -0.15) is 0 Å². The van der Waals surface area contributed by atoms with E-state index in [9.17, 15) is 14.7 Å². The highest BCUT2D eigenvalue weighted by Crippen LogP contribution is 2.21. The maximum Gasteiger partial charge on any atom is 0.262 e. The van der Waals surface area contributed by atoms with E-state index in [-0.39, 0.29) is 25.0 Å². The Labute approximate surface area is 128 Å². The zero-order valence-electron chi connectivity index (χ0n) is 11.9. The lowest BCUT2D eigenvalue weighted by Gasteiger charge is -2.17. The van der Waals surface area contributed by atoms with Crippen molar-refractivity contribution in [2.75, 3.05) is 13.2 Å². The van der Waals surface area contributed by atoms with Crippen LogP contribution in [0.25, 0.3) is 0 Å². The van der Waals surface area contributed by atoms with Gasteiger partial charge in [-0.15, -0.1) is 0 Å². The third-order valence-corrected chi connectivity index (χ3v) is 3.67. The number of carbonyl (C=O) groups excluding carboxylic acids is 2. The Morgan fingerprint density at radius 3 is 2.05 bits per heavy atom. The van der Waals surface area contributed by atoms with Crippen LogP contribution < -0.4 is 5.32 Å². The van der Waals surface area contributed by atoms with Crippen LogP contribution in [0.4, 0.5) is 0 Å². The minimum Gasteiger partial charge on any atom is -0.387 e. The van der Waals surface area contributed by atoms with Gasteiger partial charge in [0.2, 0.25) is 0 Å². The number of hydrogen-bond acceptors (Lipinski definition) is 4. The first kappa shape index (κ1) is 14.4. The highest BCUT2D eigenvalue weighted by atomic mass is 16.3. The fourth-order valence-electron chi connectivity index (χ4n) is 2.49. The van der Waals surface area contributed by atoms with E-state index >= 15 is 0 Å². The van der Waals surface area contributed by atoms with Crippen LogP contribution >= 0.6 is 0 Å². The fraction of sp³-hybridized carbons (Fsp3) is 0.176. The Morgan fingerprint density at radius 1 is 0.909 bits per heavy atom. The summed E-state index contributed by atoms with van der Waals surface area (Å²) in [6.07, 6.45) is -0.684. The lowest BCUT2D eigenvalue weighted by atomic mass is 10.1. The number of nitrogens with zero attached hydrogens (tertiary/aromatic N) is 1. The Bertz CT molecular complexity index is 665. The van der Waals surface area contributed by atoms with Gasteiger partial charge in [0, 0.05) is 6.54 Å². The van der Waals surface area contributed by atoms with Crippen molar-refractivity contribution >= 4 is 11.8 Å². The van der Waals surface area contributed by atoms with Crippen LogP contribution in [0.15, 0.2) is 54.6 Å². The van der Waals surface area contributed by atoms with Crippen molar-refractivity contribution in [1.29, 1.82) is 0 Å². The van der Waals surface area contributed by atoms with Crippen LogP contribution in [-0.4, -0.2) is 35.0 Å². The number of hydrogen-bond donors (Lipinski definition) is 2. The van der Waals surface area contributed by atoms with E-state index in [4.69, 9.17) is 0 Å². The van der Waals surface area contributed by atoms with Gasteiger partial charge in [0.25, 0.3) is 11.8 Å². The molecule has 112 valence electrons. The van der Waals surface area contributed by atoms with Crippen LogP contribution in [0.2, 0.25) is 0 Å². The first-order chi connectivity index (χ1) is 10.7. The van der Waals surface area contributed by atoms with Gasteiger partial charge in [-0.05, 0) is 17.7 Å². The van der Waals surface area contributed by atoms with E-state index in [1.54, 1.807) is 24.3 Å². The van der Waals surface area contributed by atoms with E-state index in [2.05, 4.69) is 5.32 Å². The molecular formula is C17H16N2O3. The number of aliphatic hydroxyl groups excluding tert-OH is 1. The molecule has 1 aliphatic heterocycles. The van der Waals surface area contributed by atoms with Crippen molar-refractivity contribution in [2.24, 2.45) is 0 Å². The maximum atomic E-state index is 12.2. The molecule has 5 heteroatoms. The molecule has 1 heterocycles. The van der Waals surface area contributed by atoms with E-state index in [1.165, 1.54) is 0 Å². The predicted octanol–water partition coefficient (Wildman–Crippen LogP) is 1.56. The minimum absolute atomic E-state index is 0.0796. The molecular weight excluding hydrogens is 280 g/mol. The predicted molar refractivity (Wildman–Crippen MR) is 81.2 cm³/mol. The van der Waals surface area contributed by atoms with Gasteiger partial charge in [0.15, 0.2) is 0 Å². The molecule has 0 aromatic heterocycles. The fourth-order valence-corrected chi connectivity index (χ4v) is 2.49. The van der Waals surface area contributed by atoms with Gasteiger partial charge < -0.3 is 5.11 Å². The average molecular weight is 296 g/mol. The Morgan fingerprint density at radius 2 is 1.45 bits per heavy atom. The number of carbonyl (C=O) groups is 2. The smallest absolute Gasteiger partial charge is 0.262 e. The topological polar surface area (TPSA) is 69.6 Å². The molecule has 1 aliphatic rings. The third-order valence-electron chi connectivity index (χ3n) is 3.67. The summed E-state index contributed by atoms with van der Waals surface area (Å²) < 4.78 is 0. The third kappa shape index (κ3) is 2.64. The van der Waals surface area contributed by atoms with E-state index in [0.29, 0.717) is 11.1 Å². The standard InChI is InChI=1S/C17H16N2O3/c20-15(12-6-2-1-3-7-12)10-18-11-19-16(21)13-8-4-5-9-14(13)17(19)22/h1-9,15,18,20H,10-11H2. The summed E-state index contributed by atoms with van der Waals surface area (Å²) in [4.78, 5) is 25.5. The number of benzene rings is 2. The Kier molecular flexibility index (Phi) is 4.00. The molecule has 0 saturated carbocycles. The van der Waals surface area contributed by atoms with Crippen molar-refractivity contribution in [3.8, 4) is 0 Å². The summed E-state index contributed by atoms with van der Waals surface area (Å²) in [6.45, 7) is 0.341. The molecule has 3 rings (SSSR count). The van der Waals surface area contributed by atoms with E-state index < -0.39 is 6.10 Å². The number of imide groups is 1. The summed E-state index contributed by atoms with van der Waals surface area (Å²) in [7, 11) is 0. The van der Waals surface area contributed by atoms with E-state index in [0.717, 1.165) is 10.5 Å². The van der Waals surface area contributed by atoms with Crippen molar-refractivity contribution in [1.82, 2.24) is 10.2 Å². The maximum absolute atomic E-state index is 12.2. The second-order valence-corrected chi connectivity index (χ2v) is 5.12. The normalized spacial score (nSPS) is 15.0. The number of aliphatic hydroxyl groups is 1. The molecule has 0 saturated heterocycles. The molecule has 0 fully saturated rings. The molecule has 1 atom stereocenters. The lowest BCUT2D eigenvalue weighted by molar-refractivity contribution is 0.0630. The van der Waals surface area contributed by atoms with Crippen molar-refractivity contribution in [2.45, 2.75) is 6.10 Å². The van der Waals surface area contributed by atoms with Crippen LogP contribution in [0.5, 0.6) is 0 Å². The SMILES string of the molecule is O=C1c2ccccc2C(=O)N1CNCC(O)c1ccccc1. The van der Waals surface area contributed by atoms with Gasteiger partial charge in [-0.3, -0.25) is 19.8 Å². The number of rotatable bonds is 5. The zero-order valence-corrected chi connectivity index (χ0v) is 11.9. The molecule has 1 unspecified atom stereocenters. The summed E-state index contributed by atoms with van der Waals surface area (Å²) in [5, 5.41) is 13.0. The number of amides is 2. The molecule has 0 bridgehead atoms. The molecule has 2 aromatic carbocycles. The number of fused-ring (bicyclic) bond motifs is 1. The minimum atomic E-state index is -0.684. The van der Waals surface area contributed by atoms with Gasteiger partial charge in [-0.1, -0.05) is 42.5 Å². The molecule has 5 nitrogen and oxygen atoms in total. The second kappa shape index (κ2) is 6.09. The molecule has 0 radical (unpaired) electrons. The van der Waals surface area contributed by atoms with Gasteiger partial charge in [0.1, 0.15) is 0 Å². The lowest BCUT2D eigenvalue weighted by Crippen LogP contribution is -2.39. The first-order valence-electron chi connectivity index (χ1n) is 7.07. The molecule has 2 aromatic rings. The van der Waals surface area contributed by atoms with Gasteiger partial charge in [-0.25, -0.2) is 0 Å². The van der Waals surface area contributed by atoms with Crippen molar-refractivity contribution in [3.05, 3.63) is 71.3 Å². The summed E-state index contributed by atoms with van der Waals surface area (Å²) >= 11 is 0. The molecule has 22 heavy (non-hydrogen) atoms. The highest BCUT2D eigenvalue weighted by molar-refractivity contribution is 6.21.